The molecule has 1 aromatic heterocycles. The van der Waals surface area contributed by atoms with Crippen molar-refractivity contribution >= 4 is 28.1 Å². The van der Waals surface area contributed by atoms with E-state index in [0.29, 0.717) is 0 Å². The Morgan fingerprint density at radius 1 is 1.86 bits per heavy atom. The van der Waals surface area contributed by atoms with E-state index in [1.165, 1.54) is 5.38 Å². The van der Waals surface area contributed by atoms with Crippen molar-refractivity contribution in [2.45, 2.75) is 0 Å². The molecular formula is C6H6FN3O3S. The zero-order chi connectivity index (χ0) is 10.6. The van der Waals surface area contributed by atoms with Crippen molar-refractivity contribution in [3.63, 3.8) is 0 Å². The molecule has 0 saturated carbocycles. The maximum absolute atomic E-state index is 11.6. The molecular weight excluding hydrogens is 213 g/mol. The number of thiazole rings is 1. The molecule has 8 heteroatoms. The van der Waals surface area contributed by atoms with Crippen LogP contribution in [0, 0.1) is 0 Å². The Labute approximate surface area is 81.8 Å². The van der Waals surface area contributed by atoms with Crippen molar-refractivity contribution in [2.24, 2.45) is 5.16 Å². The summed E-state index contributed by atoms with van der Waals surface area (Å²) in [5.74, 6) is -1.36. The van der Waals surface area contributed by atoms with E-state index in [9.17, 15) is 9.18 Å². The molecule has 0 bridgehead atoms. The minimum atomic E-state index is -1.36. The van der Waals surface area contributed by atoms with Gasteiger partial charge in [0.05, 0.1) is 0 Å². The molecule has 0 atom stereocenters. The van der Waals surface area contributed by atoms with Gasteiger partial charge in [-0.1, -0.05) is 5.16 Å². The van der Waals surface area contributed by atoms with Gasteiger partial charge in [0.15, 0.2) is 5.13 Å². The standard InChI is InChI=1S/C6H6FN3O3S/c7-2-13-10-4(5(11)12)3-1-14-6(8)9-3/h1H,2H2,(H2,8,9)(H,11,12). The van der Waals surface area contributed by atoms with E-state index in [2.05, 4.69) is 15.0 Å². The lowest BCUT2D eigenvalue weighted by Gasteiger charge is -1.95. The fourth-order valence-corrected chi connectivity index (χ4v) is 1.23. The van der Waals surface area contributed by atoms with Crippen molar-refractivity contribution in [2.75, 3.05) is 12.6 Å². The van der Waals surface area contributed by atoms with E-state index in [4.69, 9.17) is 10.8 Å². The number of rotatable bonds is 4. The summed E-state index contributed by atoms with van der Waals surface area (Å²) >= 11 is 1.06. The van der Waals surface area contributed by atoms with Gasteiger partial charge in [-0.15, -0.1) is 11.3 Å². The van der Waals surface area contributed by atoms with Crippen LogP contribution in [0.4, 0.5) is 9.52 Å². The maximum Gasteiger partial charge on any atom is 0.360 e. The fourth-order valence-electron chi connectivity index (χ4n) is 0.681. The predicted molar refractivity (Wildman–Crippen MR) is 47.8 cm³/mol. The molecule has 0 aliphatic carbocycles. The maximum atomic E-state index is 11.6. The summed E-state index contributed by atoms with van der Waals surface area (Å²) in [6.07, 6.45) is 0. The first kappa shape index (κ1) is 10.4. The number of halogens is 1. The Balaban J connectivity index is 2.94. The Morgan fingerprint density at radius 2 is 2.57 bits per heavy atom. The second-order valence-corrected chi connectivity index (χ2v) is 2.94. The Bertz CT molecular complexity index is 365. The minimum Gasteiger partial charge on any atom is -0.476 e. The highest BCUT2D eigenvalue weighted by Crippen LogP contribution is 2.12. The molecule has 0 fully saturated rings. The van der Waals surface area contributed by atoms with E-state index in [1.807, 2.05) is 0 Å². The van der Waals surface area contributed by atoms with Crippen LogP contribution in [0.15, 0.2) is 10.5 Å². The number of carboxylic acids is 1. The first-order valence-electron chi connectivity index (χ1n) is 3.35. The van der Waals surface area contributed by atoms with Crippen LogP contribution in [0.2, 0.25) is 0 Å². The van der Waals surface area contributed by atoms with E-state index in [-0.39, 0.29) is 10.8 Å². The number of oxime groups is 1. The third kappa shape index (κ3) is 2.39. The zero-order valence-corrected chi connectivity index (χ0v) is 7.62. The molecule has 0 radical (unpaired) electrons. The molecule has 0 saturated heterocycles. The van der Waals surface area contributed by atoms with Gasteiger partial charge >= 0.3 is 5.97 Å². The van der Waals surface area contributed by atoms with Crippen LogP contribution < -0.4 is 5.73 Å². The van der Waals surface area contributed by atoms with Crippen LogP contribution in [0.1, 0.15) is 5.69 Å². The van der Waals surface area contributed by atoms with Gasteiger partial charge in [0.25, 0.3) is 6.86 Å². The number of nitrogens with two attached hydrogens (primary N) is 1. The van der Waals surface area contributed by atoms with Crippen LogP contribution in [-0.2, 0) is 9.63 Å². The summed E-state index contributed by atoms with van der Waals surface area (Å²) in [5, 5.41) is 13.3. The molecule has 1 rings (SSSR count). The lowest BCUT2D eigenvalue weighted by Crippen LogP contribution is -2.15. The molecule has 0 aromatic carbocycles. The van der Waals surface area contributed by atoms with Gasteiger partial charge in [0, 0.05) is 5.38 Å². The quantitative estimate of drug-likeness (QED) is 0.566. The van der Waals surface area contributed by atoms with Gasteiger partial charge < -0.3 is 15.7 Å². The zero-order valence-electron chi connectivity index (χ0n) is 6.81. The van der Waals surface area contributed by atoms with Crippen LogP contribution in [0.3, 0.4) is 0 Å². The van der Waals surface area contributed by atoms with E-state index in [1.54, 1.807) is 0 Å². The highest BCUT2D eigenvalue weighted by atomic mass is 32.1. The molecule has 0 spiro atoms. The van der Waals surface area contributed by atoms with E-state index >= 15 is 0 Å². The van der Waals surface area contributed by atoms with Gasteiger partial charge in [0.2, 0.25) is 5.71 Å². The number of alkyl halides is 1. The van der Waals surface area contributed by atoms with Crippen molar-refractivity contribution in [1.29, 1.82) is 0 Å². The molecule has 0 aliphatic rings. The fraction of sp³-hybridized carbons (Fsp3) is 0.167. The number of carboxylic acid groups (broad SMARTS) is 1. The lowest BCUT2D eigenvalue weighted by atomic mass is 10.3. The molecule has 1 heterocycles. The van der Waals surface area contributed by atoms with Crippen LogP contribution in [0.5, 0.6) is 0 Å². The second-order valence-electron chi connectivity index (χ2n) is 2.05. The Hall–Kier alpha value is -1.70. The first-order valence-corrected chi connectivity index (χ1v) is 4.23. The minimum absolute atomic E-state index is 0.0495. The topological polar surface area (TPSA) is 97.8 Å². The summed E-state index contributed by atoms with van der Waals surface area (Å²) in [5.41, 5.74) is 4.86. The molecule has 76 valence electrons. The first-order chi connectivity index (χ1) is 6.65. The van der Waals surface area contributed by atoms with Gasteiger partial charge in [-0.2, -0.15) is 0 Å². The van der Waals surface area contributed by atoms with E-state index < -0.39 is 18.5 Å². The monoisotopic (exact) mass is 219 g/mol. The number of aromatic nitrogens is 1. The Kier molecular flexibility index (Phi) is 3.35. The number of hydrogen-bond donors (Lipinski definition) is 2. The highest BCUT2D eigenvalue weighted by Gasteiger charge is 2.16. The molecule has 14 heavy (non-hydrogen) atoms. The lowest BCUT2D eigenvalue weighted by molar-refractivity contribution is -0.129. The van der Waals surface area contributed by atoms with Gasteiger partial charge in [0.1, 0.15) is 5.69 Å². The van der Waals surface area contributed by atoms with Gasteiger partial charge in [-0.05, 0) is 0 Å². The molecule has 0 aliphatic heterocycles. The largest absolute Gasteiger partial charge is 0.476 e. The van der Waals surface area contributed by atoms with Crippen molar-refractivity contribution in [3.05, 3.63) is 11.1 Å². The SMILES string of the molecule is Nc1nc(C(=NOCF)C(=O)O)cs1. The number of aliphatic carboxylic acids is 1. The predicted octanol–water partition coefficient (Wildman–Crippen LogP) is 0.458. The van der Waals surface area contributed by atoms with Crippen LogP contribution >= 0.6 is 11.3 Å². The summed E-state index contributed by atoms with van der Waals surface area (Å²) in [7, 11) is 0. The molecule has 6 nitrogen and oxygen atoms in total. The normalized spacial score (nSPS) is 11.4. The van der Waals surface area contributed by atoms with Crippen molar-refractivity contribution < 1.29 is 19.1 Å². The average molecular weight is 219 g/mol. The van der Waals surface area contributed by atoms with E-state index in [0.717, 1.165) is 11.3 Å². The van der Waals surface area contributed by atoms with Gasteiger partial charge in [-0.3, -0.25) is 0 Å². The molecule has 3 N–H and O–H groups in total. The Morgan fingerprint density at radius 3 is 3.00 bits per heavy atom. The number of anilines is 1. The summed E-state index contributed by atoms with van der Waals surface area (Å²) in [6, 6.07) is 0. The third-order valence-corrected chi connectivity index (χ3v) is 1.85. The molecule has 0 amide bonds. The number of nitrogens with zero attached hydrogens (tertiary/aromatic N) is 2. The third-order valence-electron chi connectivity index (χ3n) is 1.17. The number of carbonyl (C=O) groups is 1. The number of nitrogen functional groups attached to an aromatic ring is 1. The molecule has 0 unspecified atom stereocenters. The summed E-state index contributed by atoms with van der Waals surface area (Å²) in [4.78, 5) is 18.3. The smallest absolute Gasteiger partial charge is 0.360 e. The second kappa shape index (κ2) is 4.51. The highest BCUT2D eigenvalue weighted by molar-refractivity contribution is 7.13. The van der Waals surface area contributed by atoms with Crippen LogP contribution in [-0.4, -0.2) is 28.6 Å². The molecule has 1 aromatic rings. The van der Waals surface area contributed by atoms with Crippen LogP contribution in [0.25, 0.3) is 0 Å². The average Bonchev–Trinajstić information content (AvgIpc) is 2.52. The summed E-state index contributed by atoms with van der Waals surface area (Å²) in [6.45, 7) is -1.20. The number of hydrogen-bond acceptors (Lipinski definition) is 6. The van der Waals surface area contributed by atoms with Gasteiger partial charge in [-0.25, -0.2) is 14.2 Å². The summed E-state index contributed by atoms with van der Waals surface area (Å²) < 4.78 is 11.6. The van der Waals surface area contributed by atoms with Crippen molar-refractivity contribution in [1.82, 2.24) is 4.98 Å². The van der Waals surface area contributed by atoms with Crippen molar-refractivity contribution in [3.8, 4) is 0 Å².